The molecule has 0 saturated heterocycles. The molecule has 0 radical (unpaired) electrons. The van der Waals surface area contributed by atoms with E-state index in [9.17, 15) is 13.2 Å². The summed E-state index contributed by atoms with van der Waals surface area (Å²) in [5.41, 5.74) is 2.39. The number of aryl methyl sites for hydroxylation is 2. The molecule has 1 aliphatic rings. The lowest BCUT2D eigenvalue weighted by atomic mass is 10.1. The molecule has 5 nitrogen and oxygen atoms in total. The minimum atomic E-state index is -3.48. The van der Waals surface area contributed by atoms with Crippen molar-refractivity contribution in [2.45, 2.75) is 37.0 Å². The van der Waals surface area contributed by atoms with Crippen LogP contribution in [-0.4, -0.2) is 39.4 Å². The molecule has 0 bridgehead atoms. The number of hydrogen-bond acceptors (Lipinski definition) is 4. The van der Waals surface area contributed by atoms with Gasteiger partial charge in [-0.2, -0.15) is 0 Å². The number of nitrogens with zero attached hydrogens (tertiary/aromatic N) is 1. The highest BCUT2D eigenvalue weighted by atomic mass is 32.2. The monoisotopic (exact) mass is 311 g/mol. The molecule has 116 valence electrons. The van der Waals surface area contributed by atoms with Gasteiger partial charge in [0.15, 0.2) is 0 Å². The van der Waals surface area contributed by atoms with Gasteiger partial charge >= 0.3 is 5.97 Å². The Morgan fingerprint density at radius 1 is 1.29 bits per heavy atom. The number of rotatable bonds is 6. The molecular formula is C15H21NO4S. The van der Waals surface area contributed by atoms with Gasteiger partial charge in [0.2, 0.25) is 10.0 Å². The van der Waals surface area contributed by atoms with Gasteiger partial charge < -0.3 is 4.74 Å². The number of carbonyl (C=O) groups is 1. The normalized spacial score (nSPS) is 14.2. The largest absolute Gasteiger partial charge is 0.469 e. The SMILES string of the molecule is COC(=O)CCCN(C)S(=O)(=O)c1ccc2c(c1)CCC2. The maximum absolute atomic E-state index is 12.5. The minimum absolute atomic E-state index is 0.223. The Kier molecular flexibility index (Phi) is 5.00. The molecular weight excluding hydrogens is 290 g/mol. The van der Waals surface area contributed by atoms with Gasteiger partial charge in [-0.1, -0.05) is 6.07 Å². The number of esters is 1. The third-order valence-electron chi connectivity index (χ3n) is 3.86. The van der Waals surface area contributed by atoms with E-state index in [2.05, 4.69) is 4.74 Å². The quantitative estimate of drug-likeness (QED) is 0.751. The van der Waals surface area contributed by atoms with E-state index in [0.29, 0.717) is 17.9 Å². The van der Waals surface area contributed by atoms with Gasteiger partial charge in [-0.15, -0.1) is 0 Å². The van der Waals surface area contributed by atoms with E-state index in [1.807, 2.05) is 6.07 Å². The van der Waals surface area contributed by atoms with Crippen LogP contribution in [0.25, 0.3) is 0 Å². The lowest BCUT2D eigenvalue weighted by Crippen LogP contribution is -2.28. The highest BCUT2D eigenvalue weighted by Crippen LogP contribution is 2.26. The van der Waals surface area contributed by atoms with Crippen LogP contribution in [0, 0.1) is 0 Å². The average Bonchev–Trinajstić information content (AvgIpc) is 2.94. The minimum Gasteiger partial charge on any atom is -0.469 e. The van der Waals surface area contributed by atoms with E-state index in [4.69, 9.17) is 0 Å². The highest BCUT2D eigenvalue weighted by molar-refractivity contribution is 7.89. The van der Waals surface area contributed by atoms with Crippen LogP contribution in [0.15, 0.2) is 23.1 Å². The lowest BCUT2D eigenvalue weighted by Gasteiger charge is -2.17. The Morgan fingerprint density at radius 3 is 2.71 bits per heavy atom. The zero-order valence-corrected chi connectivity index (χ0v) is 13.3. The van der Waals surface area contributed by atoms with Crippen molar-refractivity contribution in [3.8, 4) is 0 Å². The Balaban J connectivity index is 2.05. The predicted octanol–water partition coefficient (Wildman–Crippen LogP) is 1.75. The number of benzene rings is 1. The fourth-order valence-electron chi connectivity index (χ4n) is 2.56. The Labute approximate surface area is 126 Å². The summed E-state index contributed by atoms with van der Waals surface area (Å²) in [6.07, 6.45) is 3.75. The molecule has 1 aliphatic carbocycles. The average molecular weight is 311 g/mol. The van der Waals surface area contributed by atoms with Gasteiger partial charge in [0.1, 0.15) is 0 Å². The molecule has 0 unspecified atom stereocenters. The first kappa shape index (κ1) is 16.0. The third kappa shape index (κ3) is 3.63. The number of ether oxygens (including phenoxy) is 1. The van der Waals surface area contributed by atoms with Crippen molar-refractivity contribution in [3.05, 3.63) is 29.3 Å². The Morgan fingerprint density at radius 2 is 2.00 bits per heavy atom. The van der Waals surface area contributed by atoms with Crippen LogP contribution in [0.1, 0.15) is 30.4 Å². The first-order valence-electron chi connectivity index (χ1n) is 7.10. The summed E-state index contributed by atoms with van der Waals surface area (Å²) in [5, 5.41) is 0. The van der Waals surface area contributed by atoms with Crippen molar-refractivity contribution in [2.24, 2.45) is 0 Å². The van der Waals surface area contributed by atoms with E-state index in [1.165, 1.54) is 17.0 Å². The molecule has 1 aromatic rings. The summed E-state index contributed by atoms with van der Waals surface area (Å²) in [4.78, 5) is 11.4. The molecule has 0 heterocycles. The summed E-state index contributed by atoms with van der Waals surface area (Å²) in [5.74, 6) is -0.321. The van der Waals surface area contributed by atoms with Gasteiger partial charge in [0.25, 0.3) is 0 Å². The zero-order valence-electron chi connectivity index (χ0n) is 12.5. The molecule has 1 aromatic carbocycles. The molecule has 0 fully saturated rings. The van der Waals surface area contributed by atoms with E-state index >= 15 is 0 Å². The molecule has 21 heavy (non-hydrogen) atoms. The van der Waals surface area contributed by atoms with Crippen LogP contribution in [0.5, 0.6) is 0 Å². The molecule has 0 saturated carbocycles. The molecule has 0 amide bonds. The van der Waals surface area contributed by atoms with E-state index < -0.39 is 10.0 Å². The smallest absolute Gasteiger partial charge is 0.305 e. The second-order valence-electron chi connectivity index (χ2n) is 5.29. The third-order valence-corrected chi connectivity index (χ3v) is 5.71. The van der Waals surface area contributed by atoms with Crippen LogP contribution in [0.3, 0.4) is 0 Å². The second kappa shape index (κ2) is 6.58. The Bertz CT molecular complexity index is 625. The number of sulfonamides is 1. The maximum Gasteiger partial charge on any atom is 0.305 e. The van der Waals surface area contributed by atoms with Gasteiger partial charge in [0.05, 0.1) is 12.0 Å². The number of hydrogen-bond donors (Lipinski definition) is 0. The first-order chi connectivity index (χ1) is 9.95. The summed E-state index contributed by atoms with van der Waals surface area (Å²) in [6, 6.07) is 5.38. The molecule has 2 rings (SSSR count). The van der Waals surface area contributed by atoms with Crippen LogP contribution in [0.2, 0.25) is 0 Å². The molecule has 0 aliphatic heterocycles. The van der Waals surface area contributed by atoms with E-state index in [-0.39, 0.29) is 12.4 Å². The molecule has 0 N–H and O–H groups in total. The van der Waals surface area contributed by atoms with Gasteiger partial charge in [0, 0.05) is 20.0 Å². The predicted molar refractivity (Wildman–Crippen MR) is 79.5 cm³/mol. The van der Waals surface area contributed by atoms with E-state index in [1.54, 1.807) is 19.2 Å². The van der Waals surface area contributed by atoms with Gasteiger partial charge in [-0.3, -0.25) is 4.79 Å². The molecule has 0 spiro atoms. The van der Waals surface area contributed by atoms with Crippen molar-refractivity contribution in [1.82, 2.24) is 4.31 Å². The number of fused-ring (bicyclic) bond motifs is 1. The summed E-state index contributed by atoms with van der Waals surface area (Å²) in [6.45, 7) is 0.300. The van der Waals surface area contributed by atoms with Crippen molar-refractivity contribution >= 4 is 16.0 Å². The van der Waals surface area contributed by atoms with Gasteiger partial charge in [-0.05, 0) is 48.9 Å². The standard InChI is InChI=1S/C15H21NO4S/c1-16(10-4-7-15(17)20-2)21(18,19)14-9-8-12-5-3-6-13(12)11-14/h8-9,11H,3-7,10H2,1-2H3. The van der Waals surface area contributed by atoms with Crippen LogP contribution in [0.4, 0.5) is 0 Å². The van der Waals surface area contributed by atoms with Gasteiger partial charge in [-0.25, -0.2) is 12.7 Å². The molecule has 0 aromatic heterocycles. The number of carbonyl (C=O) groups excluding carboxylic acids is 1. The second-order valence-corrected chi connectivity index (χ2v) is 7.34. The maximum atomic E-state index is 12.5. The lowest BCUT2D eigenvalue weighted by molar-refractivity contribution is -0.140. The van der Waals surface area contributed by atoms with Crippen molar-refractivity contribution < 1.29 is 17.9 Å². The zero-order chi connectivity index (χ0) is 15.5. The Hall–Kier alpha value is -1.40. The summed E-state index contributed by atoms with van der Waals surface area (Å²) < 4.78 is 30.8. The number of methoxy groups -OCH3 is 1. The summed E-state index contributed by atoms with van der Waals surface area (Å²) in [7, 11) is -0.616. The van der Waals surface area contributed by atoms with Crippen LogP contribution >= 0.6 is 0 Å². The molecule has 6 heteroatoms. The summed E-state index contributed by atoms with van der Waals surface area (Å²) >= 11 is 0. The first-order valence-corrected chi connectivity index (χ1v) is 8.54. The van der Waals surface area contributed by atoms with Crippen LogP contribution in [-0.2, 0) is 32.4 Å². The fourth-order valence-corrected chi connectivity index (χ4v) is 3.82. The van der Waals surface area contributed by atoms with Crippen molar-refractivity contribution in [1.29, 1.82) is 0 Å². The molecule has 0 atom stereocenters. The van der Waals surface area contributed by atoms with Crippen molar-refractivity contribution in [2.75, 3.05) is 20.7 Å². The highest BCUT2D eigenvalue weighted by Gasteiger charge is 2.22. The van der Waals surface area contributed by atoms with Crippen LogP contribution < -0.4 is 0 Å². The fraction of sp³-hybridized carbons (Fsp3) is 0.533. The van der Waals surface area contributed by atoms with Crippen molar-refractivity contribution in [3.63, 3.8) is 0 Å². The topological polar surface area (TPSA) is 63.7 Å². The van der Waals surface area contributed by atoms with E-state index in [0.717, 1.165) is 24.8 Å².